The van der Waals surface area contributed by atoms with Crippen molar-refractivity contribution in [2.75, 3.05) is 5.32 Å². The summed E-state index contributed by atoms with van der Waals surface area (Å²) >= 11 is 0. The Bertz CT molecular complexity index is 387. The van der Waals surface area contributed by atoms with Crippen LogP contribution in [0.4, 0.5) is 23.2 Å². The molecule has 18 heavy (non-hydrogen) atoms. The van der Waals surface area contributed by atoms with E-state index in [0.29, 0.717) is 17.7 Å². The van der Waals surface area contributed by atoms with Gasteiger partial charge in [-0.2, -0.15) is 13.2 Å². The molecule has 0 amide bonds. The van der Waals surface area contributed by atoms with E-state index in [0.717, 1.165) is 0 Å². The van der Waals surface area contributed by atoms with Crippen molar-refractivity contribution in [3.8, 4) is 0 Å². The molecule has 0 spiro atoms. The van der Waals surface area contributed by atoms with Gasteiger partial charge in [0.25, 0.3) is 0 Å². The van der Waals surface area contributed by atoms with Crippen LogP contribution in [-0.2, 0) is 0 Å². The second-order valence-electron chi connectivity index (χ2n) is 4.47. The number of benzene rings is 1. The summed E-state index contributed by atoms with van der Waals surface area (Å²) < 4.78 is 49.2. The highest BCUT2D eigenvalue weighted by atomic mass is 19.4. The minimum absolute atomic E-state index is 0.0754. The molecule has 1 rings (SSSR count). The Balaban J connectivity index is 2.45. The highest BCUT2D eigenvalue weighted by molar-refractivity contribution is 5.51. The Morgan fingerprint density at radius 3 is 2.56 bits per heavy atom. The lowest BCUT2D eigenvalue weighted by atomic mass is 10.1. The van der Waals surface area contributed by atoms with Gasteiger partial charge in [0, 0.05) is 23.7 Å². The number of anilines is 1. The number of halogens is 4. The maximum Gasteiger partial charge on any atom is 0.389 e. The van der Waals surface area contributed by atoms with E-state index in [9.17, 15) is 17.6 Å². The molecule has 0 radical (unpaired) electrons. The average molecular weight is 263 g/mol. The average Bonchev–Trinajstić information content (AvgIpc) is 2.23. The lowest BCUT2D eigenvalue weighted by molar-refractivity contribution is -0.135. The highest BCUT2D eigenvalue weighted by Gasteiger charge is 2.26. The normalized spacial score (nSPS) is 13.4. The molecule has 0 aromatic heterocycles. The Morgan fingerprint density at radius 2 is 1.94 bits per heavy atom. The summed E-state index contributed by atoms with van der Waals surface area (Å²) in [6.07, 6.45) is -4.41. The molecule has 102 valence electrons. The largest absolute Gasteiger partial charge is 0.389 e. The van der Waals surface area contributed by atoms with Crippen LogP contribution in [0.15, 0.2) is 18.2 Å². The maximum atomic E-state index is 13.2. The monoisotopic (exact) mass is 263 g/mol. The van der Waals surface area contributed by atoms with Gasteiger partial charge < -0.3 is 5.32 Å². The molecule has 0 bridgehead atoms. The molecule has 1 N–H and O–H groups in total. The zero-order chi connectivity index (χ0) is 13.8. The van der Waals surface area contributed by atoms with E-state index in [2.05, 4.69) is 5.32 Å². The van der Waals surface area contributed by atoms with E-state index in [-0.39, 0.29) is 18.3 Å². The standard InChI is InChI=1S/C13H17F4N/c1-9(5-4-8-13(15,16)17)18-12-7-3-6-11(14)10(12)2/h3,6-7,9,18H,4-5,8H2,1-2H3. The van der Waals surface area contributed by atoms with Crippen LogP contribution in [0.5, 0.6) is 0 Å². The van der Waals surface area contributed by atoms with Gasteiger partial charge in [-0.3, -0.25) is 0 Å². The maximum absolute atomic E-state index is 13.2. The summed E-state index contributed by atoms with van der Waals surface area (Å²) in [5, 5.41) is 3.03. The molecule has 0 heterocycles. The van der Waals surface area contributed by atoms with Crippen LogP contribution in [0.2, 0.25) is 0 Å². The van der Waals surface area contributed by atoms with Crippen molar-refractivity contribution in [2.24, 2.45) is 0 Å². The van der Waals surface area contributed by atoms with E-state index >= 15 is 0 Å². The lowest BCUT2D eigenvalue weighted by Gasteiger charge is -2.17. The van der Waals surface area contributed by atoms with Crippen molar-refractivity contribution in [2.45, 2.75) is 45.3 Å². The van der Waals surface area contributed by atoms with Crippen LogP contribution in [0.1, 0.15) is 31.7 Å². The molecule has 0 saturated carbocycles. The quantitative estimate of drug-likeness (QED) is 0.761. The van der Waals surface area contributed by atoms with Gasteiger partial charge >= 0.3 is 6.18 Å². The van der Waals surface area contributed by atoms with Gasteiger partial charge in [0.2, 0.25) is 0 Å². The molecule has 1 nitrogen and oxygen atoms in total. The smallest absolute Gasteiger partial charge is 0.382 e. The highest BCUT2D eigenvalue weighted by Crippen LogP contribution is 2.24. The van der Waals surface area contributed by atoms with Crippen LogP contribution in [0.3, 0.4) is 0 Å². The van der Waals surface area contributed by atoms with Crippen LogP contribution < -0.4 is 5.32 Å². The van der Waals surface area contributed by atoms with Crippen LogP contribution >= 0.6 is 0 Å². The van der Waals surface area contributed by atoms with Gasteiger partial charge in [-0.1, -0.05) is 6.07 Å². The molecule has 0 fully saturated rings. The molecule has 5 heteroatoms. The Kier molecular flexibility index (Phi) is 4.99. The molecule has 0 saturated heterocycles. The molecular formula is C13H17F4N. The van der Waals surface area contributed by atoms with E-state index in [4.69, 9.17) is 0 Å². The predicted molar refractivity (Wildman–Crippen MR) is 64.1 cm³/mol. The van der Waals surface area contributed by atoms with Crippen molar-refractivity contribution in [3.63, 3.8) is 0 Å². The number of hydrogen-bond donors (Lipinski definition) is 1. The topological polar surface area (TPSA) is 12.0 Å². The van der Waals surface area contributed by atoms with Crippen molar-refractivity contribution in [1.29, 1.82) is 0 Å². The van der Waals surface area contributed by atoms with Crippen molar-refractivity contribution < 1.29 is 17.6 Å². The van der Waals surface area contributed by atoms with Crippen LogP contribution in [-0.4, -0.2) is 12.2 Å². The van der Waals surface area contributed by atoms with E-state index in [1.54, 1.807) is 26.0 Å². The second-order valence-corrected chi connectivity index (χ2v) is 4.47. The van der Waals surface area contributed by atoms with Crippen molar-refractivity contribution in [1.82, 2.24) is 0 Å². The van der Waals surface area contributed by atoms with Gasteiger partial charge in [0.05, 0.1) is 0 Å². The number of hydrogen-bond acceptors (Lipinski definition) is 1. The van der Waals surface area contributed by atoms with E-state index < -0.39 is 12.6 Å². The second kappa shape index (κ2) is 6.07. The zero-order valence-electron chi connectivity index (χ0n) is 10.4. The Morgan fingerprint density at radius 1 is 1.28 bits per heavy atom. The SMILES string of the molecule is Cc1c(F)cccc1NC(C)CCCC(F)(F)F. The first-order valence-corrected chi connectivity index (χ1v) is 5.88. The fraction of sp³-hybridized carbons (Fsp3) is 0.538. The lowest BCUT2D eigenvalue weighted by Crippen LogP contribution is -2.17. The number of nitrogens with one attached hydrogen (secondary N) is 1. The van der Waals surface area contributed by atoms with Crippen LogP contribution in [0.25, 0.3) is 0 Å². The summed E-state index contributed by atoms with van der Waals surface area (Å²) in [5.74, 6) is -0.317. The van der Waals surface area contributed by atoms with Gasteiger partial charge in [-0.25, -0.2) is 4.39 Å². The van der Waals surface area contributed by atoms with E-state index in [1.807, 2.05) is 0 Å². The Hall–Kier alpha value is -1.26. The summed E-state index contributed by atoms with van der Waals surface area (Å²) in [6.45, 7) is 3.43. The molecule has 0 aliphatic heterocycles. The van der Waals surface area contributed by atoms with E-state index in [1.165, 1.54) is 6.07 Å². The third-order valence-electron chi connectivity index (χ3n) is 2.77. The minimum atomic E-state index is -4.10. The van der Waals surface area contributed by atoms with Gasteiger partial charge in [0.1, 0.15) is 5.82 Å². The fourth-order valence-electron chi connectivity index (χ4n) is 1.71. The fourth-order valence-corrected chi connectivity index (χ4v) is 1.71. The summed E-state index contributed by atoms with van der Waals surface area (Å²) in [5.41, 5.74) is 1.12. The minimum Gasteiger partial charge on any atom is -0.382 e. The summed E-state index contributed by atoms with van der Waals surface area (Å²) in [4.78, 5) is 0. The Labute approximate surface area is 104 Å². The molecular weight excluding hydrogens is 246 g/mol. The third-order valence-corrected chi connectivity index (χ3v) is 2.77. The first-order valence-electron chi connectivity index (χ1n) is 5.88. The first-order chi connectivity index (χ1) is 8.29. The molecule has 0 aliphatic rings. The van der Waals surface area contributed by atoms with Crippen molar-refractivity contribution >= 4 is 5.69 Å². The van der Waals surface area contributed by atoms with Gasteiger partial charge in [0.15, 0.2) is 0 Å². The molecule has 1 atom stereocenters. The van der Waals surface area contributed by atoms with Crippen LogP contribution in [0, 0.1) is 12.7 Å². The summed E-state index contributed by atoms with van der Waals surface area (Å²) in [6, 6.07) is 4.54. The predicted octanol–water partition coefficient (Wildman–Crippen LogP) is 4.67. The molecule has 1 aromatic carbocycles. The zero-order valence-corrected chi connectivity index (χ0v) is 10.4. The number of rotatable bonds is 5. The van der Waals surface area contributed by atoms with Gasteiger partial charge in [-0.05, 0) is 38.8 Å². The summed E-state index contributed by atoms with van der Waals surface area (Å²) in [7, 11) is 0. The van der Waals surface area contributed by atoms with Crippen molar-refractivity contribution in [3.05, 3.63) is 29.6 Å². The first kappa shape index (κ1) is 14.8. The molecule has 0 aliphatic carbocycles. The molecule has 1 aromatic rings. The van der Waals surface area contributed by atoms with Gasteiger partial charge in [-0.15, -0.1) is 0 Å². The molecule has 1 unspecified atom stereocenters. The number of alkyl halides is 3. The third kappa shape index (κ3) is 4.94.